The third kappa shape index (κ3) is 4.17. The Morgan fingerprint density at radius 3 is 2.83 bits per heavy atom. The highest BCUT2D eigenvalue weighted by molar-refractivity contribution is 6.31. The van der Waals surface area contributed by atoms with Gasteiger partial charge < -0.3 is 19.5 Å². The fourth-order valence-corrected chi connectivity index (χ4v) is 3.40. The highest BCUT2D eigenvalue weighted by atomic mass is 35.5. The van der Waals surface area contributed by atoms with E-state index in [0.29, 0.717) is 35.5 Å². The van der Waals surface area contributed by atoms with Crippen molar-refractivity contribution in [3.8, 4) is 5.75 Å². The minimum Gasteiger partial charge on any atom is -0.487 e. The topological polar surface area (TPSA) is 116 Å². The van der Waals surface area contributed by atoms with Gasteiger partial charge in [-0.1, -0.05) is 23.2 Å². The van der Waals surface area contributed by atoms with Crippen LogP contribution in [0.1, 0.15) is 22.4 Å². The van der Waals surface area contributed by atoms with Gasteiger partial charge in [-0.3, -0.25) is 14.5 Å². The van der Waals surface area contributed by atoms with Crippen LogP contribution in [0.4, 0.5) is 5.82 Å². The number of amides is 2. The molecule has 0 aliphatic carbocycles. The van der Waals surface area contributed by atoms with Crippen molar-refractivity contribution < 1.29 is 23.8 Å². The predicted molar refractivity (Wildman–Crippen MR) is 106 cm³/mol. The lowest BCUT2D eigenvalue weighted by molar-refractivity contribution is -0.120. The van der Waals surface area contributed by atoms with E-state index in [1.807, 2.05) is 0 Å². The van der Waals surface area contributed by atoms with Crippen molar-refractivity contribution in [3.63, 3.8) is 0 Å². The summed E-state index contributed by atoms with van der Waals surface area (Å²) in [5.74, 6) is -0.566. The molecule has 10 nitrogen and oxygen atoms in total. The second-order valence-corrected chi connectivity index (χ2v) is 7.41. The number of aromatic nitrogens is 3. The summed E-state index contributed by atoms with van der Waals surface area (Å²) in [6.07, 6.45) is 2.22. The average molecular weight is 454 g/mol. The molecule has 0 aromatic carbocycles. The lowest BCUT2D eigenvalue weighted by Crippen LogP contribution is -2.49. The van der Waals surface area contributed by atoms with Gasteiger partial charge in [-0.2, -0.15) is 0 Å². The van der Waals surface area contributed by atoms with Gasteiger partial charge in [-0.05, 0) is 0 Å². The second-order valence-electron chi connectivity index (χ2n) is 6.57. The summed E-state index contributed by atoms with van der Waals surface area (Å²) in [4.78, 5) is 39.1. The number of ether oxygens (including phenoxy) is 3. The zero-order chi connectivity index (χ0) is 21.3. The largest absolute Gasteiger partial charge is 0.487 e. The molecule has 4 rings (SSSR count). The number of anilines is 1. The highest BCUT2D eigenvalue weighted by Gasteiger charge is 2.32. The quantitative estimate of drug-likeness (QED) is 0.741. The summed E-state index contributed by atoms with van der Waals surface area (Å²) < 4.78 is 16.6. The SMILES string of the molecule is CN1C(=O)[C@@H](NC(=O)c2ncc(Cl)c(C3COCCO3)n2)COc2cc(Cl)cnc21. The molecule has 1 unspecified atom stereocenters. The predicted octanol–water partition coefficient (Wildman–Crippen LogP) is 1.42. The second kappa shape index (κ2) is 8.68. The number of hydrogen-bond acceptors (Lipinski definition) is 8. The van der Waals surface area contributed by atoms with Crippen LogP contribution in [0, 0.1) is 0 Å². The number of likely N-dealkylation sites (N-methyl/N-ethyl adjacent to an activating group) is 1. The number of nitrogens with zero attached hydrogens (tertiary/aromatic N) is 4. The lowest BCUT2D eigenvalue weighted by atomic mass is 10.2. The first-order chi connectivity index (χ1) is 14.4. The Kier molecular flexibility index (Phi) is 6.00. The molecular weight excluding hydrogens is 437 g/mol. The molecule has 0 radical (unpaired) electrons. The molecule has 1 N–H and O–H groups in total. The van der Waals surface area contributed by atoms with E-state index >= 15 is 0 Å². The molecule has 12 heteroatoms. The van der Waals surface area contributed by atoms with Gasteiger partial charge in [0.1, 0.15) is 18.8 Å². The van der Waals surface area contributed by atoms with Gasteiger partial charge in [0.05, 0.1) is 41.8 Å². The van der Waals surface area contributed by atoms with E-state index in [2.05, 4.69) is 20.3 Å². The molecule has 0 spiro atoms. The van der Waals surface area contributed by atoms with Gasteiger partial charge in [0.15, 0.2) is 11.6 Å². The van der Waals surface area contributed by atoms with Crippen molar-refractivity contribution in [2.45, 2.75) is 12.1 Å². The smallest absolute Gasteiger partial charge is 0.289 e. The maximum atomic E-state index is 12.8. The van der Waals surface area contributed by atoms with E-state index < -0.39 is 24.0 Å². The lowest BCUT2D eigenvalue weighted by Gasteiger charge is -2.23. The van der Waals surface area contributed by atoms with Crippen LogP contribution in [0.15, 0.2) is 18.5 Å². The van der Waals surface area contributed by atoms with Gasteiger partial charge in [0.2, 0.25) is 5.82 Å². The van der Waals surface area contributed by atoms with Crippen LogP contribution in [0.2, 0.25) is 10.0 Å². The Morgan fingerprint density at radius 2 is 2.07 bits per heavy atom. The van der Waals surface area contributed by atoms with Crippen LogP contribution in [-0.4, -0.2) is 66.3 Å². The zero-order valence-corrected chi connectivity index (χ0v) is 17.3. The molecule has 2 amide bonds. The van der Waals surface area contributed by atoms with E-state index in [-0.39, 0.29) is 24.1 Å². The van der Waals surface area contributed by atoms with E-state index in [1.54, 1.807) is 6.07 Å². The van der Waals surface area contributed by atoms with Crippen molar-refractivity contribution in [1.82, 2.24) is 20.3 Å². The summed E-state index contributed by atoms with van der Waals surface area (Å²) in [6.45, 7) is 1.03. The van der Waals surface area contributed by atoms with Gasteiger partial charge in [-0.25, -0.2) is 15.0 Å². The first-order valence-corrected chi connectivity index (χ1v) is 9.78. The fourth-order valence-electron chi connectivity index (χ4n) is 3.04. The number of hydrogen-bond donors (Lipinski definition) is 1. The number of halogens is 2. The number of fused-ring (bicyclic) bond motifs is 1. The summed E-state index contributed by atoms with van der Waals surface area (Å²) in [5, 5.41) is 3.23. The Bertz CT molecular complexity index is 985. The Balaban J connectivity index is 1.52. The summed E-state index contributed by atoms with van der Waals surface area (Å²) >= 11 is 12.1. The molecule has 0 saturated carbocycles. The van der Waals surface area contributed by atoms with Gasteiger partial charge in [0, 0.05) is 19.3 Å². The maximum absolute atomic E-state index is 12.8. The first kappa shape index (κ1) is 20.7. The minimum absolute atomic E-state index is 0.107. The maximum Gasteiger partial charge on any atom is 0.289 e. The van der Waals surface area contributed by atoms with Crippen molar-refractivity contribution >= 4 is 40.8 Å². The van der Waals surface area contributed by atoms with E-state index in [1.165, 1.54) is 24.3 Å². The molecule has 2 aromatic heterocycles. The Labute approximate surface area is 181 Å². The molecule has 2 aromatic rings. The first-order valence-electron chi connectivity index (χ1n) is 9.02. The molecule has 30 heavy (non-hydrogen) atoms. The Morgan fingerprint density at radius 1 is 1.23 bits per heavy atom. The number of pyridine rings is 1. The standard InChI is InChI=1S/C18H17Cl2N5O5/c1-25-16-12(4-9(19)5-22-16)30-7-11(18(25)27)23-17(26)15-21-6-10(20)14(24-15)13-8-28-2-3-29-13/h4-6,11,13H,2-3,7-8H2,1H3,(H,23,26)/t11-,13?/m0/s1. The van der Waals surface area contributed by atoms with Crippen LogP contribution in [-0.2, 0) is 14.3 Å². The molecule has 1 saturated heterocycles. The van der Waals surface area contributed by atoms with Crippen molar-refractivity contribution in [2.75, 3.05) is 38.4 Å². The minimum atomic E-state index is -0.979. The van der Waals surface area contributed by atoms with Gasteiger partial charge >= 0.3 is 0 Å². The van der Waals surface area contributed by atoms with Gasteiger partial charge in [-0.15, -0.1) is 0 Å². The normalized spacial score (nSPS) is 21.4. The highest BCUT2D eigenvalue weighted by Crippen LogP contribution is 2.30. The molecule has 2 atom stereocenters. The third-order valence-electron chi connectivity index (χ3n) is 4.55. The monoisotopic (exact) mass is 453 g/mol. The fraction of sp³-hybridized carbons (Fsp3) is 0.389. The zero-order valence-electron chi connectivity index (χ0n) is 15.8. The van der Waals surface area contributed by atoms with Crippen molar-refractivity contribution in [2.24, 2.45) is 0 Å². The van der Waals surface area contributed by atoms with Crippen LogP contribution in [0.25, 0.3) is 0 Å². The van der Waals surface area contributed by atoms with Crippen molar-refractivity contribution in [1.29, 1.82) is 0 Å². The van der Waals surface area contributed by atoms with E-state index in [9.17, 15) is 9.59 Å². The van der Waals surface area contributed by atoms with E-state index in [4.69, 9.17) is 37.4 Å². The van der Waals surface area contributed by atoms with Crippen LogP contribution >= 0.6 is 23.2 Å². The molecule has 4 heterocycles. The van der Waals surface area contributed by atoms with Crippen LogP contribution < -0.4 is 15.0 Å². The van der Waals surface area contributed by atoms with Crippen molar-refractivity contribution in [3.05, 3.63) is 40.0 Å². The summed E-state index contributed by atoms with van der Waals surface area (Å²) in [6, 6.07) is 0.575. The summed E-state index contributed by atoms with van der Waals surface area (Å²) in [5.41, 5.74) is 0.350. The van der Waals surface area contributed by atoms with Crippen LogP contribution in [0.5, 0.6) is 5.75 Å². The number of nitrogens with one attached hydrogen (secondary N) is 1. The molecular formula is C18H17Cl2N5O5. The molecule has 2 aliphatic rings. The van der Waals surface area contributed by atoms with Gasteiger partial charge in [0.25, 0.3) is 11.8 Å². The van der Waals surface area contributed by atoms with E-state index in [0.717, 1.165) is 0 Å². The van der Waals surface area contributed by atoms with Crippen LogP contribution in [0.3, 0.4) is 0 Å². The Hall–Kier alpha value is -2.53. The molecule has 158 valence electrons. The number of rotatable bonds is 3. The molecule has 0 bridgehead atoms. The molecule has 2 aliphatic heterocycles. The number of carbonyl (C=O) groups is 2. The number of carbonyl (C=O) groups excluding carboxylic acids is 2. The average Bonchev–Trinajstić information content (AvgIpc) is 2.86. The summed E-state index contributed by atoms with van der Waals surface area (Å²) in [7, 11) is 1.53. The molecule has 1 fully saturated rings. The third-order valence-corrected chi connectivity index (χ3v) is 5.05.